The molecule has 0 heterocycles. The monoisotopic (exact) mass is 887 g/mol. The molecule has 0 bridgehead atoms. The molecule has 370 valence electrons. The van der Waals surface area contributed by atoms with Crippen molar-refractivity contribution in [2.24, 2.45) is 0 Å². The van der Waals surface area contributed by atoms with Crippen LogP contribution in [0, 0.1) is 0 Å². The van der Waals surface area contributed by atoms with Gasteiger partial charge in [-0.25, -0.2) is 0 Å². The number of hydrogen-bond acceptors (Lipinski definition) is 6. The zero-order valence-electron chi connectivity index (χ0n) is 42.4. The smallest absolute Gasteiger partial charge is 0.306 e. The van der Waals surface area contributed by atoms with Crippen LogP contribution in [-0.2, 0) is 28.6 Å². The number of rotatable bonds is 51. The Labute approximate surface area is 392 Å². The fourth-order valence-electron chi connectivity index (χ4n) is 8.18. The van der Waals surface area contributed by atoms with Crippen molar-refractivity contribution in [3.05, 3.63) is 24.3 Å². The predicted octanol–water partition coefficient (Wildman–Crippen LogP) is 18.3. The molecule has 0 unspecified atom stereocenters. The maximum atomic E-state index is 12.8. The Morgan fingerprint density at radius 2 is 0.540 bits per heavy atom. The molecular formula is C57H106O6. The number of ether oxygens (including phenoxy) is 3. The van der Waals surface area contributed by atoms with Crippen LogP contribution in [-0.4, -0.2) is 37.2 Å². The Morgan fingerprint density at radius 1 is 0.302 bits per heavy atom. The molecule has 0 saturated heterocycles. The molecular weight excluding hydrogens is 781 g/mol. The van der Waals surface area contributed by atoms with Crippen molar-refractivity contribution in [3.8, 4) is 0 Å². The second-order valence-electron chi connectivity index (χ2n) is 18.8. The molecule has 63 heavy (non-hydrogen) atoms. The molecule has 0 amide bonds. The van der Waals surface area contributed by atoms with Crippen LogP contribution in [0.2, 0.25) is 0 Å². The number of esters is 3. The van der Waals surface area contributed by atoms with Gasteiger partial charge in [0.15, 0.2) is 6.10 Å². The summed E-state index contributed by atoms with van der Waals surface area (Å²) in [6, 6.07) is 0. The predicted molar refractivity (Wildman–Crippen MR) is 270 cm³/mol. The summed E-state index contributed by atoms with van der Waals surface area (Å²) >= 11 is 0. The first-order chi connectivity index (χ1) is 31.0. The van der Waals surface area contributed by atoms with Crippen molar-refractivity contribution in [2.75, 3.05) is 13.2 Å². The van der Waals surface area contributed by atoms with Crippen LogP contribution in [0.15, 0.2) is 24.3 Å². The summed E-state index contributed by atoms with van der Waals surface area (Å²) in [4.78, 5) is 38.0. The number of carbonyl (C=O) groups excluding carboxylic acids is 3. The van der Waals surface area contributed by atoms with E-state index in [1.54, 1.807) is 0 Å². The fraction of sp³-hybridized carbons (Fsp3) is 0.877. The van der Waals surface area contributed by atoms with Gasteiger partial charge in [-0.15, -0.1) is 0 Å². The number of carbonyl (C=O) groups is 3. The second-order valence-corrected chi connectivity index (χ2v) is 18.8. The highest BCUT2D eigenvalue weighted by Gasteiger charge is 2.19. The molecule has 1 atom stereocenters. The largest absolute Gasteiger partial charge is 0.462 e. The van der Waals surface area contributed by atoms with Gasteiger partial charge in [-0.3, -0.25) is 14.4 Å². The van der Waals surface area contributed by atoms with E-state index in [9.17, 15) is 14.4 Å². The Bertz CT molecular complexity index is 1020. The maximum Gasteiger partial charge on any atom is 0.306 e. The van der Waals surface area contributed by atoms with E-state index in [0.29, 0.717) is 19.3 Å². The van der Waals surface area contributed by atoms with Gasteiger partial charge in [0.2, 0.25) is 0 Å². The highest BCUT2D eigenvalue weighted by Crippen LogP contribution is 2.16. The fourth-order valence-corrected chi connectivity index (χ4v) is 8.18. The van der Waals surface area contributed by atoms with Crippen LogP contribution >= 0.6 is 0 Å². The highest BCUT2D eigenvalue weighted by atomic mass is 16.6. The minimum Gasteiger partial charge on any atom is -0.462 e. The van der Waals surface area contributed by atoms with E-state index in [1.165, 1.54) is 199 Å². The summed E-state index contributed by atoms with van der Waals surface area (Å²) in [5.41, 5.74) is 0. The lowest BCUT2D eigenvalue weighted by Gasteiger charge is -2.18. The van der Waals surface area contributed by atoms with Crippen molar-refractivity contribution in [1.82, 2.24) is 0 Å². The third-order valence-electron chi connectivity index (χ3n) is 12.4. The van der Waals surface area contributed by atoms with E-state index in [4.69, 9.17) is 14.2 Å². The standard InChI is InChI=1S/C57H106O6/c1-4-7-10-13-16-19-22-24-25-26-27-28-29-30-31-33-36-39-42-45-48-51-57(60)63-54(52-61-55(58)49-46-43-40-37-34-21-18-15-12-9-6-3)53-62-56(59)50-47-44-41-38-35-32-23-20-17-14-11-8-5-2/h15,18,24-25,54H,4-14,16-17,19-23,26-53H2,1-3H3/b18-15-,25-24-/t54-/m1/s1. The Kier molecular flexibility index (Phi) is 50.8. The van der Waals surface area contributed by atoms with E-state index in [2.05, 4.69) is 45.1 Å². The van der Waals surface area contributed by atoms with E-state index < -0.39 is 6.10 Å². The summed E-state index contributed by atoms with van der Waals surface area (Å²) in [6.07, 6.45) is 60.3. The maximum absolute atomic E-state index is 12.8. The van der Waals surface area contributed by atoms with Gasteiger partial charge in [0.25, 0.3) is 0 Å². The third-order valence-corrected chi connectivity index (χ3v) is 12.4. The SMILES string of the molecule is CCCC/C=C\CCCCCCCC(=O)OC[C@H](COC(=O)CCCCCCCCCCCCCCC)OC(=O)CCCCCCCCCCCCC/C=C\CCCCCCCC. The quantitative estimate of drug-likeness (QED) is 0.0262. The molecule has 0 N–H and O–H groups in total. The normalized spacial score (nSPS) is 12.1. The van der Waals surface area contributed by atoms with Crippen LogP contribution < -0.4 is 0 Å². The topological polar surface area (TPSA) is 78.9 Å². The Morgan fingerprint density at radius 3 is 0.841 bits per heavy atom. The molecule has 6 heteroatoms. The Hall–Kier alpha value is -2.11. The van der Waals surface area contributed by atoms with E-state index in [1.807, 2.05) is 0 Å². The summed E-state index contributed by atoms with van der Waals surface area (Å²) in [7, 11) is 0. The van der Waals surface area contributed by atoms with E-state index in [-0.39, 0.29) is 31.1 Å². The molecule has 6 nitrogen and oxygen atoms in total. The summed E-state index contributed by atoms with van der Waals surface area (Å²) in [5.74, 6) is -0.865. The van der Waals surface area contributed by atoms with Crippen molar-refractivity contribution in [2.45, 2.75) is 309 Å². The first-order valence-electron chi connectivity index (χ1n) is 27.8. The van der Waals surface area contributed by atoms with Crippen LogP contribution in [0.4, 0.5) is 0 Å². The first kappa shape index (κ1) is 60.9. The van der Waals surface area contributed by atoms with Crippen molar-refractivity contribution >= 4 is 17.9 Å². The van der Waals surface area contributed by atoms with Gasteiger partial charge < -0.3 is 14.2 Å². The second kappa shape index (κ2) is 52.5. The zero-order chi connectivity index (χ0) is 45.8. The lowest BCUT2D eigenvalue weighted by atomic mass is 10.0. The number of hydrogen-bond donors (Lipinski definition) is 0. The first-order valence-corrected chi connectivity index (χ1v) is 27.8. The van der Waals surface area contributed by atoms with Crippen molar-refractivity contribution < 1.29 is 28.6 Å². The lowest BCUT2D eigenvalue weighted by molar-refractivity contribution is -0.167. The number of allylic oxidation sites excluding steroid dienone is 4. The highest BCUT2D eigenvalue weighted by molar-refractivity contribution is 5.71. The molecule has 0 spiro atoms. The molecule has 0 aliphatic carbocycles. The van der Waals surface area contributed by atoms with Crippen LogP contribution in [0.1, 0.15) is 303 Å². The molecule has 0 fully saturated rings. The lowest BCUT2D eigenvalue weighted by Crippen LogP contribution is -2.30. The molecule has 0 aliphatic heterocycles. The minimum atomic E-state index is -0.770. The average Bonchev–Trinajstić information content (AvgIpc) is 3.28. The summed E-state index contributed by atoms with van der Waals surface area (Å²) < 4.78 is 16.8. The summed E-state index contributed by atoms with van der Waals surface area (Å²) in [5, 5.41) is 0. The van der Waals surface area contributed by atoms with Gasteiger partial charge in [0.05, 0.1) is 0 Å². The van der Waals surface area contributed by atoms with Gasteiger partial charge >= 0.3 is 17.9 Å². The van der Waals surface area contributed by atoms with Gasteiger partial charge in [-0.2, -0.15) is 0 Å². The zero-order valence-corrected chi connectivity index (χ0v) is 42.4. The van der Waals surface area contributed by atoms with Gasteiger partial charge in [0.1, 0.15) is 13.2 Å². The van der Waals surface area contributed by atoms with E-state index in [0.717, 1.165) is 64.2 Å². The van der Waals surface area contributed by atoms with Gasteiger partial charge in [-0.05, 0) is 64.2 Å². The van der Waals surface area contributed by atoms with Gasteiger partial charge in [0, 0.05) is 19.3 Å². The number of unbranched alkanes of at least 4 members (excludes halogenated alkanes) is 36. The Balaban J connectivity index is 4.27. The minimum absolute atomic E-state index is 0.0699. The van der Waals surface area contributed by atoms with Gasteiger partial charge in [-0.1, -0.05) is 244 Å². The summed E-state index contributed by atoms with van der Waals surface area (Å²) in [6.45, 7) is 6.62. The average molecular weight is 887 g/mol. The van der Waals surface area contributed by atoms with Crippen LogP contribution in [0.25, 0.3) is 0 Å². The third kappa shape index (κ3) is 50.7. The van der Waals surface area contributed by atoms with Crippen LogP contribution in [0.5, 0.6) is 0 Å². The molecule has 0 aliphatic rings. The molecule has 0 saturated carbocycles. The molecule has 0 aromatic carbocycles. The van der Waals surface area contributed by atoms with Crippen LogP contribution in [0.3, 0.4) is 0 Å². The molecule has 0 radical (unpaired) electrons. The van der Waals surface area contributed by atoms with E-state index >= 15 is 0 Å². The molecule has 0 rings (SSSR count). The van der Waals surface area contributed by atoms with Crippen molar-refractivity contribution in [3.63, 3.8) is 0 Å². The van der Waals surface area contributed by atoms with Crippen molar-refractivity contribution in [1.29, 1.82) is 0 Å². The molecule has 0 aromatic rings. The molecule has 0 aromatic heterocycles.